The first-order valence-corrected chi connectivity index (χ1v) is 6.66. The second-order valence-electron chi connectivity index (χ2n) is 5.12. The van der Waals surface area contributed by atoms with Crippen molar-refractivity contribution in [2.75, 3.05) is 20.3 Å². The van der Waals surface area contributed by atoms with Crippen molar-refractivity contribution in [3.8, 4) is 5.75 Å². The van der Waals surface area contributed by atoms with Crippen LogP contribution in [0.1, 0.15) is 36.5 Å². The fraction of sp³-hybridized carbons (Fsp3) is 0.600. The molecular formula is C15H25NO3. The van der Waals surface area contributed by atoms with Crippen molar-refractivity contribution in [3.63, 3.8) is 0 Å². The number of methoxy groups -OCH3 is 1. The Morgan fingerprint density at radius 2 is 1.84 bits per heavy atom. The molecule has 1 aromatic rings. The molecule has 0 unspecified atom stereocenters. The lowest BCUT2D eigenvalue weighted by atomic mass is 9.96. The molecule has 0 heterocycles. The highest BCUT2D eigenvalue weighted by atomic mass is 16.5. The van der Waals surface area contributed by atoms with Gasteiger partial charge in [0.2, 0.25) is 0 Å². The molecule has 0 bridgehead atoms. The largest absolute Gasteiger partial charge is 0.496 e. The number of aliphatic hydroxyl groups is 2. The van der Waals surface area contributed by atoms with Crippen LogP contribution < -0.4 is 10.1 Å². The van der Waals surface area contributed by atoms with E-state index >= 15 is 0 Å². The zero-order valence-corrected chi connectivity index (χ0v) is 12.2. The molecule has 108 valence electrons. The maximum Gasteiger partial charge on any atom is 0.122 e. The lowest BCUT2D eigenvalue weighted by Crippen LogP contribution is -2.35. The standard InChI is InChI=1S/C15H25NO3/c1-10(2)14-6-12(7-16-13(8-17)9-18)11(3)5-15(14)19-4/h5-6,10,13,16-18H,7-9H2,1-4H3. The van der Waals surface area contributed by atoms with Gasteiger partial charge in [-0.25, -0.2) is 0 Å². The molecule has 3 N–H and O–H groups in total. The van der Waals surface area contributed by atoms with Gasteiger partial charge in [-0.05, 0) is 35.6 Å². The zero-order valence-electron chi connectivity index (χ0n) is 12.2. The van der Waals surface area contributed by atoms with Crippen LogP contribution in [0.3, 0.4) is 0 Å². The molecule has 4 heteroatoms. The Hall–Kier alpha value is -1.10. The third-order valence-corrected chi connectivity index (χ3v) is 3.33. The van der Waals surface area contributed by atoms with Crippen LogP contribution in [0.5, 0.6) is 5.75 Å². The van der Waals surface area contributed by atoms with Gasteiger partial charge in [0.1, 0.15) is 5.75 Å². The monoisotopic (exact) mass is 267 g/mol. The van der Waals surface area contributed by atoms with Gasteiger partial charge in [0.15, 0.2) is 0 Å². The van der Waals surface area contributed by atoms with Crippen molar-refractivity contribution in [3.05, 3.63) is 28.8 Å². The van der Waals surface area contributed by atoms with Crippen molar-refractivity contribution in [1.29, 1.82) is 0 Å². The van der Waals surface area contributed by atoms with Gasteiger partial charge in [-0.1, -0.05) is 19.9 Å². The first kappa shape index (κ1) is 16.0. The van der Waals surface area contributed by atoms with Crippen LogP contribution in [-0.4, -0.2) is 36.6 Å². The Balaban J connectivity index is 2.92. The van der Waals surface area contributed by atoms with E-state index < -0.39 is 0 Å². The van der Waals surface area contributed by atoms with Crippen LogP contribution in [0.15, 0.2) is 12.1 Å². The number of ether oxygens (including phenoxy) is 1. The van der Waals surface area contributed by atoms with E-state index in [0.717, 1.165) is 16.9 Å². The third-order valence-electron chi connectivity index (χ3n) is 3.33. The molecule has 19 heavy (non-hydrogen) atoms. The second-order valence-corrected chi connectivity index (χ2v) is 5.12. The molecule has 0 saturated heterocycles. The van der Waals surface area contributed by atoms with Crippen LogP contribution in [0.25, 0.3) is 0 Å². The summed E-state index contributed by atoms with van der Waals surface area (Å²) >= 11 is 0. The summed E-state index contributed by atoms with van der Waals surface area (Å²) in [6.45, 7) is 6.80. The number of hydrogen-bond acceptors (Lipinski definition) is 4. The van der Waals surface area contributed by atoms with Gasteiger partial charge >= 0.3 is 0 Å². The molecule has 0 spiro atoms. The van der Waals surface area contributed by atoms with E-state index in [4.69, 9.17) is 14.9 Å². The summed E-state index contributed by atoms with van der Waals surface area (Å²) in [7, 11) is 1.69. The molecule has 0 aliphatic carbocycles. The molecule has 0 aromatic heterocycles. The fourth-order valence-corrected chi connectivity index (χ4v) is 2.00. The van der Waals surface area contributed by atoms with Gasteiger partial charge in [0, 0.05) is 6.54 Å². The normalized spacial score (nSPS) is 11.4. The van der Waals surface area contributed by atoms with E-state index in [0.29, 0.717) is 12.5 Å². The summed E-state index contributed by atoms with van der Waals surface area (Å²) in [5, 5.41) is 21.3. The predicted octanol–water partition coefficient (Wildman–Crippen LogP) is 1.57. The molecule has 1 rings (SSSR count). The molecule has 0 aliphatic heterocycles. The van der Waals surface area contributed by atoms with Crippen molar-refractivity contribution < 1.29 is 14.9 Å². The number of benzene rings is 1. The Kier molecular flexibility index (Phi) is 6.28. The number of nitrogens with one attached hydrogen (secondary N) is 1. The van der Waals surface area contributed by atoms with E-state index in [1.807, 2.05) is 13.0 Å². The summed E-state index contributed by atoms with van der Waals surface area (Å²) in [6, 6.07) is 3.90. The molecule has 4 nitrogen and oxygen atoms in total. The lowest BCUT2D eigenvalue weighted by Gasteiger charge is -2.18. The van der Waals surface area contributed by atoms with Gasteiger partial charge < -0.3 is 20.3 Å². The fourth-order valence-electron chi connectivity index (χ4n) is 2.00. The molecule has 0 saturated carbocycles. The molecule has 0 fully saturated rings. The Morgan fingerprint density at radius 3 is 2.32 bits per heavy atom. The molecule has 0 radical (unpaired) electrons. The van der Waals surface area contributed by atoms with Crippen molar-refractivity contribution in [1.82, 2.24) is 5.32 Å². The van der Waals surface area contributed by atoms with Crippen LogP contribution in [0.4, 0.5) is 0 Å². The average Bonchev–Trinajstić information content (AvgIpc) is 2.40. The van der Waals surface area contributed by atoms with Gasteiger partial charge in [-0.3, -0.25) is 0 Å². The molecule has 0 atom stereocenters. The predicted molar refractivity (Wildman–Crippen MR) is 76.6 cm³/mol. The van der Waals surface area contributed by atoms with Crippen molar-refractivity contribution >= 4 is 0 Å². The average molecular weight is 267 g/mol. The second kappa shape index (κ2) is 7.48. The van der Waals surface area contributed by atoms with E-state index in [9.17, 15) is 0 Å². The Morgan fingerprint density at radius 1 is 1.21 bits per heavy atom. The Bertz CT molecular complexity index is 401. The number of rotatable bonds is 7. The smallest absolute Gasteiger partial charge is 0.122 e. The van der Waals surface area contributed by atoms with Gasteiger partial charge in [0.05, 0.1) is 26.4 Å². The summed E-state index contributed by atoms with van der Waals surface area (Å²) < 4.78 is 5.41. The molecule has 0 aliphatic rings. The van der Waals surface area contributed by atoms with Crippen LogP contribution >= 0.6 is 0 Å². The maximum absolute atomic E-state index is 9.06. The van der Waals surface area contributed by atoms with E-state index in [1.54, 1.807) is 7.11 Å². The van der Waals surface area contributed by atoms with Crippen molar-refractivity contribution in [2.24, 2.45) is 0 Å². The van der Waals surface area contributed by atoms with E-state index in [-0.39, 0.29) is 19.3 Å². The first-order chi connectivity index (χ1) is 9.03. The molecule has 1 aromatic carbocycles. The third kappa shape index (κ3) is 4.20. The zero-order chi connectivity index (χ0) is 14.4. The summed E-state index contributed by atoms with van der Waals surface area (Å²) in [5.74, 6) is 1.30. The van der Waals surface area contributed by atoms with Crippen molar-refractivity contribution in [2.45, 2.75) is 39.3 Å². The van der Waals surface area contributed by atoms with Gasteiger partial charge in [-0.2, -0.15) is 0 Å². The van der Waals surface area contributed by atoms with Crippen LogP contribution in [0, 0.1) is 6.92 Å². The van der Waals surface area contributed by atoms with Crippen LogP contribution in [0.2, 0.25) is 0 Å². The number of aryl methyl sites for hydroxylation is 1. The topological polar surface area (TPSA) is 61.7 Å². The number of aliphatic hydroxyl groups excluding tert-OH is 2. The lowest BCUT2D eigenvalue weighted by molar-refractivity contribution is 0.170. The number of hydrogen-bond donors (Lipinski definition) is 3. The summed E-state index contributed by atoms with van der Waals surface area (Å²) in [6.07, 6.45) is 0. The van der Waals surface area contributed by atoms with E-state index in [2.05, 4.69) is 25.2 Å². The summed E-state index contributed by atoms with van der Waals surface area (Å²) in [4.78, 5) is 0. The highest BCUT2D eigenvalue weighted by Crippen LogP contribution is 2.29. The minimum absolute atomic E-state index is 0.0667. The van der Waals surface area contributed by atoms with E-state index in [1.165, 1.54) is 5.56 Å². The maximum atomic E-state index is 9.06. The van der Waals surface area contributed by atoms with Gasteiger partial charge in [0.25, 0.3) is 0 Å². The Labute approximate surface area is 115 Å². The first-order valence-electron chi connectivity index (χ1n) is 6.66. The minimum Gasteiger partial charge on any atom is -0.496 e. The molecular weight excluding hydrogens is 242 g/mol. The highest BCUT2D eigenvalue weighted by molar-refractivity contribution is 5.43. The van der Waals surface area contributed by atoms with Gasteiger partial charge in [-0.15, -0.1) is 0 Å². The quantitative estimate of drug-likeness (QED) is 0.702. The highest BCUT2D eigenvalue weighted by Gasteiger charge is 2.12. The minimum atomic E-state index is -0.274. The van der Waals surface area contributed by atoms with Crippen LogP contribution in [-0.2, 0) is 6.54 Å². The summed E-state index contributed by atoms with van der Waals surface area (Å²) in [5.41, 5.74) is 3.48. The molecule has 0 amide bonds. The SMILES string of the molecule is COc1cc(C)c(CNC(CO)CO)cc1C(C)C.